The number of aromatic hydroxyl groups is 1. The molecule has 55 heavy (non-hydrogen) atoms. The molecule has 0 aliphatic heterocycles. The second-order valence-corrected chi connectivity index (χ2v) is 14.7. The Balaban J connectivity index is 0.00000397. The Morgan fingerprint density at radius 2 is 1.45 bits per heavy atom. The van der Waals surface area contributed by atoms with Gasteiger partial charge in [-0.15, -0.1) is 0 Å². The summed E-state index contributed by atoms with van der Waals surface area (Å²) in [5.74, 6) is 0.800. The predicted octanol–water partition coefficient (Wildman–Crippen LogP) is 11.1. The van der Waals surface area contributed by atoms with Gasteiger partial charge in [-0.3, -0.25) is 9.13 Å². The van der Waals surface area contributed by atoms with E-state index in [-0.39, 0.29) is 32.2 Å². The predicted molar refractivity (Wildman–Crippen MR) is 216 cm³/mol. The minimum atomic E-state index is -0.0580. The molecule has 0 saturated heterocycles. The molecule has 7 aromatic carbocycles. The molecule has 0 spiro atoms. The van der Waals surface area contributed by atoms with Crippen LogP contribution in [0.25, 0.3) is 83.6 Å². The molecule has 0 aliphatic rings. The van der Waals surface area contributed by atoms with Crippen molar-refractivity contribution in [2.45, 2.75) is 26.2 Å². The number of para-hydroxylation sites is 5. The van der Waals surface area contributed by atoms with E-state index in [1.54, 1.807) is 6.07 Å². The molecule has 10 rings (SSSR count). The van der Waals surface area contributed by atoms with E-state index in [0.29, 0.717) is 11.4 Å². The van der Waals surface area contributed by atoms with E-state index >= 15 is 0 Å². The number of aromatic nitrogens is 4. The van der Waals surface area contributed by atoms with Crippen molar-refractivity contribution >= 4 is 44.0 Å². The van der Waals surface area contributed by atoms with Crippen molar-refractivity contribution in [2.75, 3.05) is 0 Å². The quantitative estimate of drug-likeness (QED) is 0.138. The molecule has 10 aromatic rings. The van der Waals surface area contributed by atoms with Gasteiger partial charge in [-0.2, -0.15) is 18.2 Å². The van der Waals surface area contributed by atoms with Crippen LogP contribution in [-0.4, -0.2) is 19.2 Å². The van der Waals surface area contributed by atoms with Gasteiger partial charge in [-0.05, 0) is 64.7 Å². The van der Waals surface area contributed by atoms with Gasteiger partial charge >= 0.3 is 21.1 Å². The average Bonchev–Trinajstić information content (AvgIpc) is 3.90. The first-order chi connectivity index (χ1) is 26.3. The molecule has 0 unspecified atom stereocenters. The minimum Gasteiger partial charge on any atom is -0.519 e. The van der Waals surface area contributed by atoms with Gasteiger partial charge in [0.15, 0.2) is 0 Å². The average molecular weight is 895 g/mol. The number of benzene rings is 7. The number of fused-ring (bicyclic) bond motifs is 5. The van der Waals surface area contributed by atoms with Crippen molar-refractivity contribution in [3.63, 3.8) is 0 Å². The molecule has 0 atom stereocenters. The van der Waals surface area contributed by atoms with Crippen molar-refractivity contribution < 1.29 is 35.2 Å². The van der Waals surface area contributed by atoms with Gasteiger partial charge in [0.2, 0.25) is 0 Å². The molecular formula is C48H35N4O2Pt+. The third-order valence-corrected chi connectivity index (χ3v) is 10.3. The van der Waals surface area contributed by atoms with Crippen LogP contribution in [0, 0.1) is 12.4 Å². The Hall–Kier alpha value is -6.23. The van der Waals surface area contributed by atoms with E-state index < -0.39 is 0 Å². The third-order valence-electron chi connectivity index (χ3n) is 10.3. The van der Waals surface area contributed by atoms with Gasteiger partial charge in [0.05, 0.1) is 33.5 Å². The van der Waals surface area contributed by atoms with Crippen LogP contribution >= 0.6 is 0 Å². The number of furan rings is 1. The summed E-state index contributed by atoms with van der Waals surface area (Å²) in [7, 11) is 0. The third kappa shape index (κ3) is 5.59. The van der Waals surface area contributed by atoms with Crippen LogP contribution in [0.4, 0.5) is 0 Å². The van der Waals surface area contributed by atoms with Gasteiger partial charge in [0.25, 0.3) is 6.33 Å². The van der Waals surface area contributed by atoms with E-state index in [9.17, 15) is 5.11 Å². The van der Waals surface area contributed by atoms with Gasteiger partial charge in [-0.25, -0.2) is 4.98 Å². The standard InChI is InChI=1S/C48H35N4O2.Pt/c1-48(2,3)32-27-28-37(36(29-32)31-15-5-4-6-16-31)52-41-23-14-22-40(45(41)49-47(52)35-18-7-11-25-43(35)53)50-30-51(39-21-10-9-20-38(39)50)42-24-13-19-34-33-17-8-12-26-44(33)54-46(34)42;/h4-23,25-29,53H,1-3H3;/q-1;+2. The zero-order chi connectivity index (χ0) is 36.6. The van der Waals surface area contributed by atoms with Crippen molar-refractivity contribution in [1.29, 1.82) is 0 Å². The zero-order valence-electron chi connectivity index (χ0n) is 30.4. The summed E-state index contributed by atoms with van der Waals surface area (Å²) in [6.07, 6.45) is 3.68. The van der Waals surface area contributed by atoms with E-state index in [4.69, 9.17) is 9.40 Å². The molecule has 7 heteroatoms. The summed E-state index contributed by atoms with van der Waals surface area (Å²) >= 11 is 0. The molecule has 0 saturated carbocycles. The number of phenols is 1. The normalized spacial score (nSPS) is 11.8. The van der Waals surface area contributed by atoms with Crippen LogP contribution < -0.4 is 4.57 Å². The number of imidazole rings is 2. The molecule has 0 fully saturated rings. The summed E-state index contributed by atoms with van der Waals surface area (Å²) in [6, 6.07) is 54.6. The van der Waals surface area contributed by atoms with E-state index in [2.05, 4.69) is 127 Å². The number of phenolic OH excluding ortho intramolecular Hbond substituents is 1. The Bertz CT molecular complexity index is 3060. The summed E-state index contributed by atoms with van der Waals surface area (Å²) in [4.78, 5) is 5.40. The minimum absolute atomic E-state index is 0. The maximum absolute atomic E-state index is 11.3. The van der Waals surface area contributed by atoms with Crippen molar-refractivity contribution in [3.8, 4) is 45.3 Å². The maximum atomic E-state index is 11.3. The van der Waals surface area contributed by atoms with Crippen LogP contribution in [0.15, 0.2) is 156 Å². The SMILES string of the molecule is CC(C)(C)c1ccc(-n2c(-c3ccccc3O)nc3c(-[n+]4[c-]n(-c5[c-]ccc6c5oc5ccccc56)c5ccccc54)cccc32)c(-c2ccccc2)c1.[Pt+2]. The van der Waals surface area contributed by atoms with Crippen molar-refractivity contribution in [1.82, 2.24) is 14.1 Å². The summed E-state index contributed by atoms with van der Waals surface area (Å²) < 4.78 is 12.7. The molecule has 0 bridgehead atoms. The van der Waals surface area contributed by atoms with Gasteiger partial charge in [0.1, 0.15) is 22.7 Å². The van der Waals surface area contributed by atoms with Gasteiger partial charge < -0.3 is 14.1 Å². The summed E-state index contributed by atoms with van der Waals surface area (Å²) in [5.41, 5.74) is 11.7. The van der Waals surface area contributed by atoms with Gasteiger partial charge in [0, 0.05) is 16.5 Å². The fourth-order valence-electron chi connectivity index (χ4n) is 7.65. The molecular weight excluding hydrogens is 860 g/mol. The fourth-order valence-corrected chi connectivity index (χ4v) is 7.65. The number of nitrogens with zero attached hydrogens (tertiary/aromatic N) is 4. The Morgan fingerprint density at radius 1 is 0.709 bits per heavy atom. The van der Waals surface area contributed by atoms with E-state index in [1.807, 2.05) is 65.2 Å². The smallest absolute Gasteiger partial charge is 0.519 e. The van der Waals surface area contributed by atoms with Crippen LogP contribution in [0.3, 0.4) is 0 Å². The molecule has 3 aromatic heterocycles. The van der Waals surface area contributed by atoms with E-state index in [0.717, 1.165) is 72.2 Å². The number of hydrogen-bond donors (Lipinski definition) is 1. The Kier molecular flexibility index (Phi) is 8.32. The summed E-state index contributed by atoms with van der Waals surface area (Å²) in [6.45, 7) is 6.71. The second-order valence-electron chi connectivity index (χ2n) is 14.7. The van der Waals surface area contributed by atoms with Crippen molar-refractivity contribution in [3.05, 3.63) is 170 Å². The first kappa shape index (κ1) is 34.5. The van der Waals surface area contributed by atoms with Crippen molar-refractivity contribution in [2.24, 2.45) is 0 Å². The molecule has 0 aliphatic carbocycles. The fraction of sp³-hybridized carbons (Fsp3) is 0.0833. The van der Waals surface area contributed by atoms with Crippen LogP contribution in [0.2, 0.25) is 0 Å². The molecule has 0 radical (unpaired) electrons. The Morgan fingerprint density at radius 3 is 2.29 bits per heavy atom. The molecule has 1 N–H and O–H groups in total. The summed E-state index contributed by atoms with van der Waals surface area (Å²) in [5, 5.41) is 13.4. The topological polar surface area (TPSA) is 60.0 Å². The maximum Gasteiger partial charge on any atom is 2.00 e. The van der Waals surface area contributed by atoms with E-state index in [1.165, 1.54) is 5.56 Å². The molecule has 6 nitrogen and oxygen atoms in total. The largest absolute Gasteiger partial charge is 2.00 e. The van der Waals surface area contributed by atoms with Crippen LogP contribution in [-0.2, 0) is 26.5 Å². The second kappa shape index (κ2) is 13.3. The first-order valence-corrected chi connectivity index (χ1v) is 18.1. The first-order valence-electron chi connectivity index (χ1n) is 18.1. The molecule has 268 valence electrons. The van der Waals surface area contributed by atoms with Crippen LogP contribution in [0.1, 0.15) is 26.3 Å². The van der Waals surface area contributed by atoms with Crippen LogP contribution in [0.5, 0.6) is 5.75 Å². The zero-order valence-corrected chi connectivity index (χ0v) is 32.7. The number of rotatable bonds is 5. The van der Waals surface area contributed by atoms with Gasteiger partial charge in [-0.1, -0.05) is 123 Å². The Labute approximate surface area is 332 Å². The molecule has 3 heterocycles. The number of hydrogen-bond acceptors (Lipinski definition) is 3. The molecule has 0 amide bonds. The monoisotopic (exact) mass is 894 g/mol.